The molecule has 1 aliphatic rings. The first kappa shape index (κ1) is 19.7. The summed E-state index contributed by atoms with van der Waals surface area (Å²) in [5, 5.41) is 2.98. The fraction of sp³-hybridized carbons (Fsp3) is 0.588. The monoisotopic (exact) mass is 369 g/mol. The number of ether oxygens (including phenoxy) is 1. The molecular weight excluding hydrogens is 342 g/mol. The summed E-state index contributed by atoms with van der Waals surface area (Å²) < 4.78 is 28.1. The summed E-state index contributed by atoms with van der Waals surface area (Å²) in [4.78, 5) is 16.8. The van der Waals surface area contributed by atoms with Gasteiger partial charge in [-0.25, -0.2) is 13.2 Å². The zero-order valence-corrected chi connectivity index (χ0v) is 15.9. The fourth-order valence-corrected chi connectivity index (χ4v) is 3.39. The van der Waals surface area contributed by atoms with E-state index in [0.717, 1.165) is 25.2 Å². The lowest BCUT2D eigenvalue weighted by Gasteiger charge is -2.35. The van der Waals surface area contributed by atoms with Crippen molar-refractivity contribution in [2.24, 2.45) is 0 Å². The Labute approximate surface area is 149 Å². The summed E-state index contributed by atoms with van der Waals surface area (Å²) in [5.41, 5.74) is 0.875. The average Bonchev–Trinajstić information content (AvgIpc) is 2.59. The van der Waals surface area contributed by atoms with Crippen LogP contribution in [0.4, 0.5) is 4.79 Å². The minimum absolute atomic E-state index is 0.0916. The number of nitrogens with one attached hydrogen (secondary N) is 1. The quantitative estimate of drug-likeness (QED) is 0.813. The van der Waals surface area contributed by atoms with Gasteiger partial charge in [0.05, 0.1) is 17.5 Å². The van der Waals surface area contributed by atoms with Crippen LogP contribution in [0.2, 0.25) is 0 Å². The van der Waals surface area contributed by atoms with E-state index in [1.54, 1.807) is 31.4 Å². The SMILES string of the molecule is COCCN1CCN(C(=O)N[C@@H](C)c2ccc(S(C)(=O)=O)cc2)CC1. The summed E-state index contributed by atoms with van der Waals surface area (Å²) in [6.07, 6.45) is 1.18. The van der Waals surface area contributed by atoms with Gasteiger partial charge in [0.2, 0.25) is 0 Å². The Morgan fingerprint density at radius 2 is 1.80 bits per heavy atom. The zero-order valence-electron chi connectivity index (χ0n) is 15.1. The van der Waals surface area contributed by atoms with E-state index in [1.807, 2.05) is 11.8 Å². The van der Waals surface area contributed by atoms with E-state index in [2.05, 4.69) is 10.2 Å². The van der Waals surface area contributed by atoms with Crippen molar-refractivity contribution in [2.45, 2.75) is 17.9 Å². The van der Waals surface area contributed by atoms with Gasteiger partial charge in [-0.05, 0) is 24.6 Å². The maximum absolute atomic E-state index is 12.4. The predicted octanol–water partition coefficient (Wildman–Crippen LogP) is 1.12. The van der Waals surface area contributed by atoms with E-state index in [1.165, 1.54) is 6.26 Å². The number of benzene rings is 1. The van der Waals surface area contributed by atoms with Crippen LogP contribution in [0.25, 0.3) is 0 Å². The molecule has 25 heavy (non-hydrogen) atoms. The van der Waals surface area contributed by atoms with Gasteiger partial charge >= 0.3 is 6.03 Å². The van der Waals surface area contributed by atoms with E-state index in [-0.39, 0.29) is 17.0 Å². The number of sulfone groups is 1. The number of urea groups is 1. The predicted molar refractivity (Wildman–Crippen MR) is 96.4 cm³/mol. The molecule has 0 unspecified atom stereocenters. The first-order chi connectivity index (χ1) is 11.8. The van der Waals surface area contributed by atoms with E-state index in [0.29, 0.717) is 19.7 Å². The van der Waals surface area contributed by atoms with E-state index < -0.39 is 9.84 Å². The second-order valence-electron chi connectivity index (χ2n) is 6.33. The Balaban J connectivity index is 1.86. The molecule has 8 heteroatoms. The molecular formula is C17H27N3O4S. The van der Waals surface area contributed by atoms with E-state index >= 15 is 0 Å². The third-order valence-electron chi connectivity index (χ3n) is 4.42. The molecule has 1 N–H and O–H groups in total. The van der Waals surface area contributed by atoms with Crippen molar-refractivity contribution < 1.29 is 17.9 Å². The maximum atomic E-state index is 12.4. The zero-order chi connectivity index (χ0) is 18.4. The molecule has 0 bridgehead atoms. The van der Waals surface area contributed by atoms with E-state index in [9.17, 15) is 13.2 Å². The lowest BCUT2D eigenvalue weighted by molar-refractivity contribution is 0.105. The van der Waals surface area contributed by atoms with Gasteiger partial charge in [-0.3, -0.25) is 4.90 Å². The van der Waals surface area contributed by atoms with Crippen molar-refractivity contribution in [1.29, 1.82) is 0 Å². The van der Waals surface area contributed by atoms with Crippen LogP contribution in [0.1, 0.15) is 18.5 Å². The smallest absolute Gasteiger partial charge is 0.317 e. The number of rotatable bonds is 6. The number of hydrogen-bond donors (Lipinski definition) is 1. The van der Waals surface area contributed by atoms with Gasteiger partial charge in [-0.1, -0.05) is 12.1 Å². The summed E-state index contributed by atoms with van der Waals surface area (Å²) in [6, 6.07) is 6.34. The molecule has 1 aromatic carbocycles. The Morgan fingerprint density at radius 1 is 1.20 bits per heavy atom. The first-order valence-corrected chi connectivity index (χ1v) is 10.3. The van der Waals surface area contributed by atoms with Crippen LogP contribution in [-0.2, 0) is 14.6 Å². The molecule has 1 fully saturated rings. The lowest BCUT2D eigenvalue weighted by atomic mass is 10.1. The highest BCUT2D eigenvalue weighted by molar-refractivity contribution is 7.90. The Kier molecular flexibility index (Phi) is 6.80. The largest absolute Gasteiger partial charge is 0.383 e. The van der Waals surface area contributed by atoms with Crippen molar-refractivity contribution >= 4 is 15.9 Å². The average molecular weight is 369 g/mol. The van der Waals surface area contributed by atoms with Crippen molar-refractivity contribution in [2.75, 3.05) is 52.7 Å². The van der Waals surface area contributed by atoms with Gasteiger partial charge in [0.25, 0.3) is 0 Å². The molecule has 0 spiro atoms. The molecule has 0 saturated carbocycles. The third kappa shape index (κ3) is 5.69. The van der Waals surface area contributed by atoms with Crippen molar-refractivity contribution in [3.8, 4) is 0 Å². The van der Waals surface area contributed by atoms with Gasteiger partial charge < -0.3 is 15.0 Å². The highest BCUT2D eigenvalue weighted by atomic mass is 32.2. The molecule has 140 valence electrons. The van der Waals surface area contributed by atoms with E-state index in [4.69, 9.17) is 4.74 Å². The molecule has 0 radical (unpaired) electrons. The van der Waals surface area contributed by atoms with Gasteiger partial charge in [-0.2, -0.15) is 0 Å². The molecule has 2 amide bonds. The molecule has 0 aliphatic carbocycles. The lowest BCUT2D eigenvalue weighted by Crippen LogP contribution is -2.52. The molecule has 1 heterocycles. The normalized spacial score (nSPS) is 17.3. The number of nitrogens with zero attached hydrogens (tertiary/aromatic N) is 2. The Bertz CT molecular complexity index is 668. The van der Waals surface area contributed by atoms with Crippen LogP contribution in [0.3, 0.4) is 0 Å². The first-order valence-electron chi connectivity index (χ1n) is 8.38. The van der Waals surface area contributed by atoms with Gasteiger partial charge in [0.1, 0.15) is 0 Å². The standard InChI is InChI=1S/C17H27N3O4S/c1-14(15-4-6-16(7-5-15)25(3,22)23)18-17(21)20-10-8-19(9-11-20)12-13-24-2/h4-7,14H,8-13H2,1-3H3,(H,18,21)/t14-/m0/s1. The summed E-state index contributed by atoms with van der Waals surface area (Å²) in [7, 11) is -1.52. The topological polar surface area (TPSA) is 79.0 Å². The number of hydrogen-bond acceptors (Lipinski definition) is 5. The van der Waals surface area contributed by atoms with Crippen LogP contribution in [0, 0.1) is 0 Å². The Morgan fingerprint density at radius 3 is 2.32 bits per heavy atom. The summed E-state index contributed by atoms with van der Waals surface area (Å²) in [6.45, 7) is 6.54. The number of methoxy groups -OCH3 is 1. The highest BCUT2D eigenvalue weighted by Gasteiger charge is 2.22. The van der Waals surface area contributed by atoms with Crippen LogP contribution in [-0.4, -0.2) is 76.9 Å². The summed E-state index contributed by atoms with van der Waals surface area (Å²) in [5.74, 6) is 0. The molecule has 7 nitrogen and oxygen atoms in total. The Hall–Kier alpha value is -1.64. The minimum Gasteiger partial charge on any atom is -0.383 e. The number of carbonyl (C=O) groups excluding carboxylic acids is 1. The van der Waals surface area contributed by atoms with Gasteiger partial charge in [0, 0.05) is 46.1 Å². The van der Waals surface area contributed by atoms with Crippen LogP contribution in [0.15, 0.2) is 29.2 Å². The van der Waals surface area contributed by atoms with Crippen molar-refractivity contribution in [3.63, 3.8) is 0 Å². The maximum Gasteiger partial charge on any atom is 0.317 e. The molecule has 1 aliphatic heterocycles. The van der Waals surface area contributed by atoms with Crippen molar-refractivity contribution in [3.05, 3.63) is 29.8 Å². The van der Waals surface area contributed by atoms with Crippen LogP contribution >= 0.6 is 0 Å². The number of piperazine rings is 1. The number of carbonyl (C=O) groups is 1. The summed E-state index contributed by atoms with van der Waals surface area (Å²) >= 11 is 0. The second kappa shape index (κ2) is 8.64. The molecule has 0 aromatic heterocycles. The third-order valence-corrected chi connectivity index (χ3v) is 5.55. The second-order valence-corrected chi connectivity index (χ2v) is 8.35. The van der Waals surface area contributed by atoms with Gasteiger partial charge in [-0.15, -0.1) is 0 Å². The van der Waals surface area contributed by atoms with Crippen LogP contribution < -0.4 is 5.32 Å². The number of amides is 2. The molecule has 2 rings (SSSR count). The molecule has 1 saturated heterocycles. The fourth-order valence-electron chi connectivity index (χ4n) is 2.76. The van der Waals surface area contributed by atoms with Crippen LogP contribution in [0.5, 0.6) is 0 Å². The highest BCUT2D eigenvalue weighted by Crippen LogP contribution is 2.16. The van der Waals surface area contributed by atoms with Gasteiger partial charge in [0.15, 0.2) is 9.84 Å². The molecule has 1 aromatic rings. The molecule has 1 atom stereocenters. The minimum atomic E-state index is -3.21. The van der Waals surface area contributed by atoms with Crippen molar-refractivity contribution in [1.82, 2.24) is 15.1 Å².